The van der Waals surface area contributed by atoms with Gasteiger partial charge in [-0.2, -0.15) is 0 Å². The molecule has 5 heteroatoms. The third-order valence-electron chi connectivity index (χ3n) is 1.29. The Morgan fingerprint density at radius 1 is 1.40 bits per heavy atom. The van der Waals surface area contributed by atoms with Crippen LogP contribution in [-0.2, 0) is 20.9 Å². The van der Waals surface area contributed by atoms with Crippen molar-refractivity contribution >= 4 is 18.5 Å². The highest BCUT2D eigenvalue weighted by atomic mass is 32.5. The standard InChI is InChI=1S/C5H11O3PS/c1-4-3-5(2)8-9(6,10)7-4/h4-5H,3H2,1-2H3,(H,6,10). The van der Waals surface area contributed by atoms with Gasteiger partial charge in [-0.25, -0.2) is 0 Å². The van der Waals surface area contributed by atoms with Crippen molar-refractivity contribution in [2.75, 3.05) is 0 Å². The van der Waals surface area contributed by atoms with E-state index in [9.17, 15) is 4.89 Å². The molecule has 0 bridgehead atoms. The predicted octanol–water partition coefficient (Wildman–Crippen LogP) is 1.42. The lowest BCUT2D eigenvalue weighted by Crippen LogP contribution is -2.23. The molecule has 1 rings (SSSR count). The Kier molecular flexibility index (Phi) is 2.48. The maximum Gasteiger partial charge on any atom is 0.325 e. The maximum atomic E-state index is 9.20. The van der Waals surface area contributed by atoms with Gasteiger partial charge in [0.15, 0.2) is 0 Å². The van der Waals surface area contributed by atoms with E-state index in [4.69, 9.17) is 9.05 Å². The highest BCUT2D eigenvalue weighted by Gasteiger charge is 2.29. The Hall–Kier alpha value is 0.530. The van der Waals surface area contributed by atoms with Gasteiger partial charge >= 0.3 is 6.72 Å². The Balaban J connectivity index is 2.60. The molecule has 2 atom stereocenters. The molecule has 1 aliphatic rings. The summed E-state index contributed by atoms with van der Waals surface area (Å²) in [6, 6.07) is 0. The summed E-state index contributed by atoms with van der Waals surface area (Å²) in [6.07, 6.45) is 0.859. The molecule has 2 unspecified atom stereocenters. The minimum absolute atomic E-state index is 0.0274. The molecule has 0 amide bonds. The van der Waals surface area contributed by atoms with Gasteiger partial charge in [-0.15, -0.1) is 0 Å². The number of hydrogen-bond donors (Lipinski definition) is 1. The zero-order chi connectivity index (χ0) is 7.78. The van der Waals surface area contributed by atoms with Gasteiger partial charge in [0.1, 0.15) is 0 Å². The van der Waals surface area contributed by atoms with E-state index in [1.54, 1.807) is 0 Å². The fraction of sp³-hybridized carbons (Fsp3) is 1.00. The first kappa shape index (κ1) is 8.62. The smallest absolute Gasteiger partial charge is 0.324 e. The Labute approximate surface area is 65.6 Å². The normalized spacial score (nSPS) is 49.1. The van der Waals surface area contributed by atoms with Crippen LogP contribution in [0.2, 0.25) is 0 Å². The van der Waals surface area contributed by atoms with Gasteiger partial charge in [0.25, 0.3) is 0 Å². The van der Waals surface area contributed by atoms with Crippen molar-refractivity contribution in [3.8, 4) is 0 Å². The molecule has 1 saturated heterocycles. The van der Waals surface area contributed by atoms with E-state index in [-0.39, 0.29) is 12.2 Å². The van der Waals surface area contributed by atoms with E-state index >= 15 is 0 Å². The van der Waals surface area contributed by atoms with Crippen LogP contribution in [0.4, 0.5) is 0 Å². The molecule has 0 aromatic carbocycles. The summed E-state index contributed by atoms with van der Waals surface area (Å²) in [4.78, 5) is 9.20. The lowest BCUT2D eigenvalue weighted by Gasteiger charge is -2.30. The average Bonchev–Trinajstić information content (AvgIpc) is 1.54. The van der Waals surface area contributed by atoms with Crippen LogP contribution in [-0.4, -0.2) is 17.1 Å². The van der Waals surface area contributed by atoms with Gasteiger partial charge in [0, 0.05) is 6.42 Å². The lowest BCUT2D eigenvalue weighted by molar-refractivity contribution is 0.0444. The van der Waals surface area contributed by atoms with Crippen LogP contribution in [0.5, 0.6) is 0 Å². The monoisotopic (exact) mass is 182 g/mol. The van der Waals surface area contributed by atoms with Crippen molar-refractivity contribution in [2.24, 2.45) is 0 Å². The average molecular weight is 182 g/mol. The molecule has 0 saturated carbocycles. The second-order valence-electron chi connectivity index (χ2n) is 2.54. The number of hydrogen-bond acceptors (Lipinski definition) is 3. The summed E-state index contributed by atoms with van der Waals surface area (Å²) in [5.74, 6) is 0. The van der Waals surface area contributed by atoms with Crippen LogP contribution in [0.15, 0.2) is 0 Å². The highest BCUT2D eigenvalue weighted by Crippen LogP contribution is 2.50. The maximum absolute atomic E-state index is 9.20. The molecule has 1 aliphatic heterocycles. The summed E-state index contributed by atoms with van der Waals surface area (Å²) < 4.78 is 10.0. The number of rotatable bonds is 0. The van der Waals surface area contributed by atoms with Crippen molar-refractivity contribution < 1.29 is 13.9 Å². The molecule has 60 valence electrons. The van der Waals surface area contributed by atoms with Gasteiger partial charge in [0.05, 0.1) is 12.2 Å². The SMILES string of the molecule is CC1CC(C)OP(O)(=S)O1. The highest BCUT2D eigenvalue weighted by molar-refractivity contribution is 8.07. The van der Waals surface area contributed by atoms with E-state index in [1.807, 2.05) is 13.8 Å². The fourth-order valence-electron chi connectivity index (χ4n) is 1.03. The van der Waals surface area contributed by atoms with E-state index in [0.29, 0.717) is 0 Å². The molecular formula is C5H11O3PS. The Bertz CT molecular complexity index is 158. The molecule has 3 nitrogen and oxygen atoms in total. The molecule has 0 radical (unpaired) electrons. The molecule has 1 fully saturated rings. The molecule has 0 aliphatic carbocycles. The summed E-state index contributed by atoms with van der Waals surface area (Å²) in [5.41, 5.74) is 0. The fourth-order valence-corrected chi connectivity index (χ4v) is 3.05. The minimum atomic E-state index is -2.87. The van der Waals surface area contributed by atoms with E-state index in [2.05, 4.69) is 11.8 Å². The van der Waals surface area contributed by atoms with Gasteiger partial charge in [0.2, 0.25) is 0 Å². The van der Waals surface area contributed by atoms with Gasteiger partial charge < -0.3 is 13.9 Å². The van der Waals surface area contributed by atoms with Crippen LogP contribution in [0.1, 0.15) is 20.3 Å². The zero-order valence-electron chi connectivity index (χ0n) is 5.98. The van der Waals surface area contributed by atoms with Crippen molar-refractivity contribution in [3.05, 3.63) is 0 Å². The Morgan fingerprint density at radius 3 is 2.10 bits per heavy atom. The summed E-state index contributed by atoms with van der Waals surface area (Å²) in [5, 5.41) is 0. The Morgan fingerprint density at radius 2 is 1.80 bits per heavy atom. The third kappa shape index (κ3) is 2.29. The van der Waals surface area contributed by atoms with Crippen LogP contribution in [0, 0.1) is 0 Å². The van der Waals surface area contributed by atoms with Crippen molar-refractivity contribution in [1.29, 1.82) is 0 Å². The first-order chi connectivity index (χ1) is 4.49. The van der Waals surface area contributed by atoms with Gasteiger partial charge in [-0.05, 0) is 25.7 Å². The van der Waals surface area contributed by atoms with E-state index < -0.39 is 6.72 Å². The second kappa shape index (κ2) is 2.88. The third-order valence-corrected chi connectivity index (χ3v) is 3.06. The van der Waals surface area contributed by atoms with E-state index in [1.165, 1.54) is 0 Å². The van der Waals surface area contributed by atoms with Crippen LogP contribution < -0.4 is 0 Å². The quantitative estimate of drug-likeness (QED) is 0.575. The summed E-state index contributed by atoms with van der Waals surface area (Å²) >= 11 is 4.67. The van der Waals surface area contributed by atoms with Crippen LogP contribution >= 0.6 is 6.72 Å². The molecule has 0 spiro atoms. The molecule has 10 heavy (non-hydrogen) atoms. The minimum Gasteiger partial charge on any atom is -0.324 e. The van der Waals surface area contributed by atoms with Gasteiger partial charge in [-0.3, -0.25) is 0 Å². The first-order valence-electron chi connectivity index (χ1n) is 3.19. The van der Waals surface area contributed by atoms with Crippen molar-refractivity contribution in [1.82, 2.24) is 0 Å². The van der Waals surface area contributed by atoms with E-state index in [0.717, 1.165) is 6.42 Å². The van der Waals surface area contributed by atoms with Crippen molar-refractivity contribution in [2.45, 2.75) is 32.5 Å². The summed E-state index contributed by atoms with van der Waals surface area (Å²) in [6.45, 7) is 0.905. The molecule has 1 heterocycles. The lowest BCUT2D eigenvalue weighted by atomic mass is 10.2. The van der Waals surface area contributed by atoms with Crippen LogP contribution in [0.25, 0.3) is 0 Å². The van der Waals surface area contributed by atoms with Crippen LogP contribution in [0.3, 0.4) is 0 Å². The topological polar surface area (TPSA) is 38.7 Å². The second-order valence-corrected chi connectivity index (χ2v) is 5.28. The van der Waals surface area contributed by atoms with Crippen molar-refractivity contribution in [3.63, 3.8) is 0 Å². The largest absolute Gasteiger partial charge is 0.325 e. The van der Waals surface area contributed by atoms with Gasteiger partial charge in [-0.1, -0.05) is 0 Å². The first-order valence-corrected chi connectivity index (χ1v) is 5.78. The molecule has 1 N–H and O–H groups in total. The zero-order valence-corrected chi connectivity index (χ0v) is 7.69. The summed E-state index contributed by atoms with van der Waals surface area (Å²) in [7, 11) is 0. The molecule has 0 aromatic rings. The predicted molar refractivity (Wildman–Crippen MR) is 42.2 cm³/mol. The molecule has 0 aromatic heterocycles. The molecular weight excluding hydrogens is 171 g/mol.